The molecule has 3 rings (SSSR count). The van der Waals surface area contributed by atoms with Crippen LogP contribution in [0.4, 0.5) is 10.8 Å². The monoisotopic (exact) mass is 347 g/mol. The second-order valence-electron chi connectivity index (χ2n) is 4.84. The maximum Gasteiger partial charge on any atom is 0.270 e. The number of carbonyl (C=O) groups excluding carboxylic acids is 1. The van der Waals surface area contributed by atoms with Crippen molar-refractivity contribution in [1.82, 2.24) is 4.98 Å². The molecule has 0 spiro atoms. The Bertz CT molecular complexity index is 939. The molecule has 0 atom stereocenters. The highest BCUT2D eigenvalue weighted by Crippen LogP contribution is 2.29. The van der Waals surface area contributed by atoms with Crippen LogP contribution in [0.2, 0.25) is 5.02 Å². The molecule has 3 aromatic rings. The summed E-state index contributed by atoms with van der Waals surface area (Å²) in [6.45, 7) is 1.72. The molecule has 8 heteroatoms. The van der Waals surface area contributed by atoms with E-state index in [1.807, 2.05) is 0 Å². The third kappa shape index (κ3) is 3.15. The van der Waals surface area contributed by atoms with Crippen LogP contribution in [0.5, 0.6) is 0 Å². The summed E-state index contributed by atoms with van der Waals surface area (Å²) in [4.78, 5) is 27.0. The number of benzene rings is 2. The fourth-order valence-corrected chi connectivity index (χ4v) is 3.22. The standard InChI is InChI=1S/C15H10ClN3O3S/c1-8-2-4-10(19(21)22)7-11(8)14(20)18-15-17-12-5-3-9(16)6-13(12)23-15/h2-7H,1H3,(H,17,18,20). The Hall–Kier alpha value is -2.51. The minimum absolute atomic E-state index is 0.128. The number of aryl methyl sites for hydroxylation is 1. The number of nitrogens with one attached hydrogen (secondary N) is 1. The number of non-ortho nitro benzene ring substituents is 1. The van der Waals surface area contributed by atoms with E-state index in [-0.39, 0.29) is 11.3 Å². The van der Waals surface area contributed by atoms with Crippen molar-refractivity contribution < 1.29 is 9.72 Å². The van der Waals surface area contributed by atoms with E-state index in [0.717, 1.165) is 10.2 Å². The number of anilines is 1. The molecule has 0 aliphatic carbocycles. The lowest BCUT2D eigenvalue weighted by Gasteiger charge is -2.05. The number of nitrogens with zero attached hydrogens (tertiary/aromatic N) is 2. The van der Waals surface area contributed by atoms with Gasteiger partial charge in [0.25, 0.3) is 11.6 Å². The van der Waals surface area contributed by atoms with Crippen LogP contribution in [0.3, 0.4) is 0 Å². The largest absolute Gasteiger partial charge is 0.298 e. The summed E-state index contributed by atoms with van der Waals surface area (Å²) in [5, 5.41) is 14.5. The lowest BCUT2D eigenvalue weighted by atomic mass is 10.1. The van der Waals surface area contributed by atoms with Gasteiger partial charge in [-0.15, -0.1) is 0 Å². The zero-order valence-electron chi connectivity index (χ0n) is 11.9. The molecule has 0 aliphatic rings. The molecule has 0 saturated heterocycles. The predicted octanol–water partition coefficient (Wildman–Crippen LogP) is 4.42. The second kappa shape index (κ2) is 5.94. The van der Waals surface area contributed by atoms with Crippen LogP contribution in [-0.2, 0) is 0 Å². The Balaban J connectivity index is 1.91. The molecule has 1 amide bonds. The summed E-state index contributed by atoms with van der Waals surface area (Å²) in [5.74, 6) is -0.434. The number of aromatic nitrogens is 1. The SMILES string of the molecule is Cc1ccc([N+](=O)[O-])cc1C(=O)Nc1nc2ccc(Cl)cc2s1. The Morgan fingerprint density at radius 2 is 2.09 bits per heavy atom. The number of thiazole rings is 1. The Kier molecular flexibility index (Phi) is 3.97. The van der Waals surface area contributed by atoms with E-state index in [9.17, 15) is 14.9 Å². The molecule has 0 aliphatic heterocycles. The van der Waals surface area contributed by atoms with Gasteiger partial charge in [-0.2, -0.15) is 0 Å². The average molecular weight is 348 g/mol. The van der Waals surface area contributed by atoms with E-state index in [2.05, 4.69) is 10.3 Å². The van der Waals surface area contributed by atoms with Crippen LogP contribution in [0.1, 0.15) is 15.9 Å². The Labute approximate surface area is 139 Å². The van der Waals surface area contributed by atoms with Crippen molar-refractivity contribution in [2.24, 2.45) is 0 Å². The summed E-state index contributed by atoms with van der Waals surface area (Å²) in [7, 11) is 0. The van der Waals surface area contributed by atoms with E-state index < -0.39 is 10.8 Å². The number of halogens is 1. The maximum absolute atomic E-state index is 12.4. The molecule has 23 heavy (non-hydrogen) atoms. The molecular formula is C15H10ClN3O3S. The van der Waals surface area contributed by atoms with Crippen molar-refractivity contribution in [1.29, 1.82) is 0 Å². The highest BCUT2D eigenvalue weighted by Gasteiger charge is 2.16. The van der Waals surface area contributed by atoms with Gasteiger partial charge in [0.1, 0.15) is 0 Å². The predicted molar refractivity (Wildman–Crippen MR) is 90.4 cm³/mol. The van der Waals surface area contributed by atoms with Crippen molar-refractivity contribution in [2.45, 2.75) is 6.92 Å². The first-order chi connectivity index (χ1) is 10.9. The number of nitro benzene ring substituents is 1. The second-order valence-corrected chi connectivity index (χ2v) is 6.31. The van der Waals surface area contributed by atoms with Crippen LogP contribution in [0.25, 0.3) is 10.2 Å². The van der Waals surface area contributed by atoms with Crippen LogP contribution < -0.4 is 5.32 Å². The normalized spacial score (nSPS) is 10.7. The van der Waals surface area contributed by atoms with Crippen molar-refractivity contribution in [3.8, 4) is 0 Å². The molecule has 1 heterocycles. The first-order valence-electron chi connectivity index (χ1n) is 6.56. The van der Waals surface area contributed by atoms with E-state index in [4.69, 9.17) is 11.6 Å². The maximum atomic E-state index is 12.4. The number of hydrogen-bond donors (Lipinski definition) is 1. The van der Waals surface area contributed by atoms with Crippen molar-refractivity contribution in [3.05, 3.63) is 62.7 Å². The number of carbonyl (C=O) groups is 1. The fraction of sp³-hybridized carbons (Fsp3) is 0.0667. The third-order valence-corrected chi connectivity index (χ3v) is 4.42. The molecular weight excluding hydrogens is 338 g/mol. The average Bonchev–Trinajstić information content (AvgIpc) is 2.88. The van der Waals surface area contributed by atoms with Gasteiger partial charge in [0.05, 0.1) is 15.1 Å². The first kappa shape index (κ1) is 15.4. The highest BCUT2D eigenvalue weighted by molar-refractivity contribution is 7.22. The number of hydrogen-bond acceptors (Lipinski definition) is 5. The number of nitro groups is 1. The molecule has 2 aromatic carbocycles. The number of rotatable bonds is 3. The summed E-state index contributed by atoms with van der Waals surface area (Å²) >= 11 is 7.21. The molecule has 0 bridgehead atoms. The summed E-state index contributed by atoms with van der Waals surface area (Å²) in [6, 6.07) is 9.43. The summed E-state index contributed by atoms with van der Waals surface area (Å²) in [6.07, 6.45) is 0. The molecule has 0 unspecified atom stereocenters. The molecule has 1 aromatic heterocycles. The van der Waals surface area contributed by atoms with Gasteiger partial charge >= 0.3 is 0 Å². The highest BCUT2D eigenvalue weighted by atomic mass is 35.5. The van der Waals surface area contributed by atoms with Gasteiger partial charge in [0.15, 0.2) is 5.13 Å². The Morgan fingerprint density at radius 1 is 1.30 bits per heavy atom. The van der Waals surface area contributed by atoms with Crippen molar-refractivity contribution in [3.63, 3.8) is 0 Å². The van der Waals surface area contributed by atoms with Crippen molar-refractivity contribution >= 4 is 49.9 Å². The summed E-state index contributed by atoms with van der Waals surface area (Å²) in [5.41, 5.74) is 1.50. The van der Waals surface area contributed by atoms with E-state index in [1.165, 1.54) is 23.5 Å². The summed E-state index contributed by atoms with van der Waals surface area (Å²) < 4.78 is 0.851. The van der Waals surface area contributed by atoms with Gasteiger partial charge in [0.2, 0.25) is 0 Å². The lowest BCUT2D eigenvalue weighted by Crippen LogP contribution is -2.13. The molecule has 6 nitrogen and oxygen atoms in total. The first-order valence-corrected chi connectivity index (χ1v) is 7.76. The minimum Gasteiger partial charge on any atom is -0.298 e. The number of fused-ring (bicyclic) bond motifs is 1. The molecule has 0 radical (unpaired) electrons. The van der Waals surface area contributed by atoms with Crippen LogP contribution in [-0.4, -0.2) is 15.8 Å². The third-order valence-electron chi connectivity index (χ3n) is 3.25. The van der Waals surface area contributed by atoms with Gasteiger partial charge in [-0.05, 0) is 30.7 Å². The molecule has 0 fully saturated rings. The van der Waals surface area contributed by atoms with Gasteiger partial charge in [-0.3, -0.25) is 20.2 Å². The van der Waals surface area contributed by atoms with Gasteiger partial charge in [-0.1, -0.05) is 29.0 Å². The topological polar surface area (TPSA) is 85.1 Å². The van der Waals surface area contributed by atoms with Crippen molar-refractivity contribution in [2.75, 3.05) is 5.32 Å². The van der Waals surface area contributed by atoms with E-state index >= 15 is 0 Å². The van der Waals surface area contributed by atoms with Crippen LogP contribution in [0.15, 0.2) is 36.4 Å². The molecule has 1 N–H and O–H groups in total. The van der Waals surface area contributed by atoms with Gasteiger partial charge in [0, 0.05) is 22.7 Å². The van der Waals surface area contributed by atoms with E-state index in [0.29, 0.717) is 15.7 Å². The number of amides is 1. The van der Waals surface area contributed by atoms with Crippen LogP contribution in [0, 0.1) is 17.0 Å². The van der Waals surface area contributed by atoms with Gasteiger partial charge < -0.3 is 0 Å². The zero-order chi connectivity index (χ0) is 16.6. The minimum atomic E-state index is -0.532. The smallest absolute Gasteiger partial charge is 0.270 e. The zero-order valence-corrected chi connectivity index (χ0v) is 13.4. The fourth-order valence-electron chi connectivity index (χ4n) is 2.08. The van der Waals surface area contributed by atoms with Gasteiger partial charge in [-0.25, -0.2) is 4.98 Å². The molecule has 116 valence electrons. The van der Waals surface area contributed by atoms with E-state index in [1.54, 1.807) is 31.2 Å². The Morgan fingerprint density at radius 3 is 2.83 bits per heavy atom. The molecule has 0 saturated carbocycles. The quantitative estimate of drug-likeness (QED) is 0.561. The lowest BCUT2D eigenvalue weighted by molar-refractivity contribution is -0.384. The van der Waals surface area contributed by atoms with Crippen LogP contribution >= 0.6 is 22.9 Å².